The summed E-state index contributed by atoms with van der Waals surface area (Å²) in [4.78, 5) is 0. The first-order valence-electron chi connectivity index (χ1n) is 6.90. The summed E-state index contributed by atoms with van der Waals surface area (Å²) in [6.45, 7) is 5.95. The van der Waals surface area contributed by atoms with Gasteiger partial charge in [0.1, 0.15) is 35.5 Å². The predicted molar refractivity (Wildman–Crippen MR) is 75.9 cm³/mol. The summed E-state index contributed by atoms with van der Waals surface area (Å²) in [5.74, 6) is 0.806. The summed E-state index contributed by atoms with van der Waals surface area (Å²) in [6.07, 6.45) is 0. The lowest BCUT2D eigenvalue weighted by Crippen LogP contribution is -2.18. The fourth-order valence-corrected chi connectivity index (χ4v) is 1.85. The lowest BCUT2D eigenvalue weighted by Gasteiger charge is -2.06. The lowest BCUT2D eigenvalue weighted by molar-refractivity contribution is 0.262. The smallest absolute Gasteiger partial charge is 0.146 e. The third-order valence-corrected chi connectivity index (χ3v) is 2.79. The van der Waals surface area contributed by atoms with E-state index >= 15 is 0 Å². The van der Waals surface area contributed by atoms with E-state index in [9.17, 15) is 8.78 Å². The predicted octanol–water partition coefficient (Wildman–Crippen LogP) is 3.88. The van der Waals surface area contributed by atoms with Gasteiger partial charge in [0.05, 0.1) is 6.54 Å². The first kappa shape index (κ1) is 15.5. The Labute approximate surface area is 122 Å². The molecule has 0 bridgehead atoms. The highest BCUT2D eigenvalue weighted by Gasteiger charge is 2.05. The molecule has 2 rings (SSSR count). The van der Waals surface area contributed by atoms with Crippen molar-refractivity contribution in [1.29, 1.82) is 0 Å². The maximum Gasteiger partial charge on any atom is 0.146 e. The highest BCUT2D eigenvalue weighted by molar-refractivity contribution is 5.24. The van der Waals surface area contributed by atoms with Crippen molar-refractivity contribution < 1.29 is 17.9 Å². The molecule has 21 heavy (non-hydrogen) atoms. The van der Waals surface area contributed by atoms with Crippen LogP contribution in [0.1, 0.15) is 25.4 Å². The number of hydrogen-bond acceptors (Lipinski definition) is 3. The molecule has 0 saturated carbocycles. The summed E-state index contributed by atoms with van der Waals surface area (Å²) in [7, 11) is 0. The second-order valence-corrected chi connectivity index (χ2v) is 5.29. The van der Waals surface area contributed by atoms with Gasteiger partial charge in [-0.2, -0.15) is 0 Å². The Morgan fingerprint density at radius 1 is 1.10 bits per heavy atom. The molecular formula is C16H19F2NO2. The molecule has 0 fully saturated rings. The van der Waals surface area contributed by atoms with Crippen LogP contribution in [0.5, 0.6) is 5.75 Å². The van der Waals surface area contributed by atoms with E-state index in [0.717, 1.165) is 30.5 Å². The van der Waals surface area contributed by atoms with Crippen LogP contribution in [0.25, 0.3) is 0 Å². The summed E-state index contributed by atoms with van der Waals surface area (Å²) in [5, 5.41) is 3.27. The van der Waals surface area contributed by atoms with Gasteiger partial charge in [0.2, 0.25) is 0 Å². The molecule has 0 unspecified atom stereocenters. The first-order valence-corrected chi connectivity index (χ1v) is 6.90. The number of ether oxygens (including phenoxy) is 1. The van der Waals surface area contributed by atoms with Crippen LogP contribution in [-0.4, -0.2) is 6.54 Å². The second kappa shape index (κ2) is 7.22. The Kier molecular flexibility index (Phi) is 5.33. The summed E-state index contributed by atoms with van der Waals surface area (Å²) in [5.41, 5.74) is 0. The average Bonchev–Trinajstić information content (AvgIpc) is 2.83. The van der Waals surface area contributed by atoms with Crippen molar-refractivity contribution in [3.05, 3.63) is 53.5 Å². The molecule has 0 atom stereocenters. The van der Waals surface area contributed by atoms with E-state index in [1.54, 1.807) is 6.07 Å². The Morgan fingerprint density at radius 2 is 1.76 bits per heavy atom. The Bertz CT molecular complexity index is 561. The minimum Gasteiger partial charge on any atom is -0.485 e. The molecule has 0 aliphatic carbocycles. The molecule has 5 heteroatoms. The molecule has 0 aliphatic heterocycles. The van der Waals surface area contributed by atoms with Gasteiger partial charge in [0.25, 0.3) is 0 Å². The number of nitrogens with one attached hydrogen (secondary N) is 1. The zero-order valence-electron chi connectivity index (χ0n) is 12.2. The van der Waals surface area contributed by atoms with E-state index in [2.05, 4.69) is 19.2 Å². The number of furan rings is 1. The molecule has 0 aliphatic rings. The van der Waals surface area contributed by atoms with Crippen molar-refractivity contribution in [2.45, 2.75) is 27.0 Å². The molecule has 1 aromatic carbocycles. The minimum absolute atomic E-state index is 0.132. The van der Waals surface area contributed by atoms with Gasteiger partial charge in [-0.05, 0) is 24.6 Å². The molecule has 0 saturated heterocycles. The normalized spacial score (nSPS) is 11.1. The van der Waals surface area contributed by atoms with E-state index in [1.807, 2.05) is 6.07 Å². The van der Waals surface area contributed by atoms with Gasteiger partial charge >= 0.3 is 0 Å². The average molecular weight is 295 g/mol. The van der Waals surface area contributed by atoms with Crippen molar-refractivity contribution in [3.8, 4) is 5.75 Å². The van der Waals surface area contributed by atoms with Crippen LogP contribution >= 0.6 is 0 Å². The zero-order valence-corrected chi connectivity index (χ0v) is 12.2. The summed E-state index contributed by atoms with van der Waals surface area (Å²) < 4.78 is 36.9. The first-order chi connectivity index (χ1) is 10.0. The topological polar surface area (TPSA) is 34.4 Å². The number of halogens is 2. The monoisotopic (exact) mass is 295 g/mol. The van der Waals surface area contributed by atoms with Crippen LogP contribution in [-0.2, 0) is 13.2 Å². The molecule has 3 nitrogen and oxygen atoms in total. The molecule has 114 valence electrons. The van der Waals surface area contributed by atoms with Gasteiger partial charge < -0.3 is 14.5 Å². The molecule has 1 aromatic heterocycles. The fraction of sp³-hybridized carbons (Fsp3) is 0.375. The van der Waals surface area contributed by atoms with Crippen molar-refractivity contribution in [1.82, 2.24) is 5.32 Å². The molecular weight excluding hydrogens is 276 g/mol. The molecule has 0 spiro atoms. The van der Waals surface area contributed by atoms with E-state index in [1.165, 1.54) is 0 Å². The number of rotatable bonds is 7. The number of benzene rings is 1. The molecule has 1 heterocycles. The lowest BCUT2D eigenvalue weighted by atomic mass is 10.2. The largest absolute Gasteiger partial charge is 0.485 e. The van der Waals surface area contributed by atoms with Crippen LogP contribution in [0.2, 0.25) is 0 Å². The number of hydrogen-bond donors (Lipinski definition) is 1. The molecule has 0 radical (unpaired) electrons. The second-order valence-electron chi connectivity index (χ2n) is 5.29. The quantitative estimate of drug-likeness (QED) is 0.841. The standard InChI is InChI=1S/C16H19F2NO2/c1-11(2)8-19-9-14-3-4-15(21-14)10-20-16-6-12(17)5-13(18)7-16/h3-7,11,19H,8-10H2,1-2H3. The molecule has 0 amide bonds. The van der Waals surface area contributed by atoms with Gasteiger partial charge in [0, 0.05) is 18.2 Å². The zero-order chi connectivity index (χ0) is 15.2. The Hall–Kier alpha value is -1.88. The van der Waals surface area contributed by atoms with Crippen LogP contribution in [0.3, 0.4) is 0 Å². The van der Waals surface area contributed by atoms with Gasteiger partial charge in [-0.15, -0.1) is 0 Å². The van der Waals surface area contributed by atoms with E-state index in [0.29, 0.717) is 18.2 Å². The van der Waals surface area contributed by atoms with Gasteiger partial charge in [-0.25, -0.2) is 8.78 Å². The van der Waals surface area contributed by atoms with Gasteiger partial charge in [-0.3, -0.25) is 0 Å². The van der Waals surface area contributed by atoms with Crippen LogP contribution in [0, 0.1) is 17.6 Å². The van der Waals surface area contributed by atoms with E-state index in [-0.39, 0.29) is 12.4 Å². The van der Waals surface area contributed by atoms with Crippen molar-refractivity contribution in [2.24, 2.45) is 5.92 Å². The van der Waals surface area contributed by atoms with Crippen LogP contribution in [0.15, 0.2) is 34.7 Å². The third kappa shape index (κ3) is 5.19. The Balaban J connectivity index is 1.85. The maximum absolute atomic E-state index is 13.0. The highest BCUT2D eigenvalue weighted by atomic mass is 19.1. The maximum atomic E-state index is 13.0. The van der Waals surface area contributed by atoms with Gasteiger partial charge in [-0.1, -0.05) is 13.8 Å². The molecule has 2 aromatic rings. The van der Waals surface area contributed by atoms with Crippen LogP contribution < -0.4 is 10.1 Å². The molecule has 1 N–H and O–H groups in total. The minimum atomic E-state index is -0.664. The SMILES string of the molecule is CC(C)CNCc1ccc(COc2cc(F)cc(F)c2)o1. The van der Waals surface area contributed by atoms with E-state index in [4.69, 9.17) is 9.15 Å². The van der Waals surface area contributed by atoms with Crippen molar-refractivity contribution in [3.63, 3.8) is 0 Å². The van der Waals surface area contributed by atoms with Gasteiger partial charge in [0.15, 0.2) is 0 Å². The third-order valence-electron chi connectivity index (χ3n) is 2.79. The van der Waals surface area contributed by atoms with Crippen LogP contribution in [0.4, 0.5) is 8.78 Å². The summed E-state index contributed by atoms with van der Waals surface area (Å²) in [6, 6.07) is 6.73. The van der Waals surface area contributed by atoms with Crippen molar-refractivity contribution in [2.75, 3.05) is 6.54 Å². The highest BCUT2D eigenvalue weighted by Crippen LogP contribution is 2.17. The summed E-state index contributed by atoms with van der Waals surface area (Å²) >= 11 is 0. The fourth-order valence-electron chi connectivity index (χ4n) is 1.85. The Morgan fingerprint density at radius 3 is 2.43 bits per heavy atom. The van der Waals surface area contributed by atoms with E-state index < -0.39 is 11.6 Å². The van der Waals surface area contributed by atoms with Crippen molar-refractivity contribution >= 4 is 0 Å².